The number of amides is 1. The number of halogens is 1. The van der Waals surface area contributed by atoms with Crippen molar-refractivity contribution in [3.63, 3.8) is 0 Å². The van der Waals surface area contributed by atoms with E-state index in [1.165, 1.54) is 0 Å². The molecule has 0 radical (unpaired) electrons. The van der Waals surface area contributed by atoms with Gasteiger partial charge < -0.3 is 20.5 Å². The standard InChI is InChI=1S/C13H16N2O3.ClH/c14-13(4-1-5-13)7-15-12(16)9-2-3-10-11(6-9)18-8-17-10;/h2-3,6H,1,4-5,7-8,14H2,(H,15,16);1H. The lowest BCUT2D eigenvalue weighted by atomic mass is 9.78. The summed E-state index contributed by atoms with van der Waals surface area (Å²) in [5, 5.41) is 2.87. The Labute approximate surface area is 117 Å². The van der Waals surface area contributed by atoms with Gasteiger partial charge in [0.1, 0.15) is 0 Å². The number of nitrogens with one attached hydrogen (secondary N) is 1. The highest BCUT2D eigenvalue weighted by molar-refractivity contribution is 5.95. The summed E-state index contributed by atoms with van der Waals surface area (Å²) in [7, 11) is 0. The van der Waals surface area contributed by atoms with Crippen LogP contribution in [0.2, 0.25) is 0 Å². The van der Waals surface area contributed by atoms with Gasteiger partial charge in [-0.25, -0.2) is 0 Å². The van der Waals surface area contributed by atoms with Gasteiger partial charge in [0.15, 0.2) is 11.5 Å². The molecule has 0 bridgehead atoms. The molecule has 1 amide bonds. The molecule has 5 nitrogen and oxygen atoms in total. The van der Waals surface area contributed by atoms with Gasteiger partial charge in [0.25, 0.3) is 5.91 Å². The van der Waals surface area contributed by atoms with Crippen LogP contribution in [0.3, 0.4) is 0 Å². The van der Waals surface area contributed by atoms with E-state index < -0.39 is 0 Å². The van der Waals surface area contributed by atoms with Crippen LogP contribution in [0.1, 0.15) is 29.6 Å². The fourth-order valence-electron chi connectivity index (χ4n) is 2.20. The molecule has 1 saturated carbocycles. The van der Waals surface area contributed by atoms with Crippen molar-refractivity contribution in [1.29, 1.82) is 0 Å². The molecule has 1 heterocycles. The van der Waals surface area contributed by atoms with Crippen molar-refractivity contribution < 1.29 is 14.3 Å². The van der Waals surface area contributed by atoms with Gasteiger partial charge in [0, 0.05) is 17.6 Å². The summed E-state index contributed by atoms with van der Waals surface area (Å²) in [6.07, 6.45) is 3.11. The van der Waals surface area contributed by atoms with Gasteiger partial charge in [-0.3, -0.25) is 4.79 Å². The molecular formula is C13H17ClN2O3. The zero-order valence-corrected chi connectivity index (χ0v) is 11.3. The molecule has 0 spiro atoms. The molecule has 1 fully saturated rings. The summed E-state index contributed by atoms with van der Waals surface area (Å²) in [6, 6.07) is 5.17. The summed E-state index contributed by atoms with van der Waals surface area (Å²) < 4.78 is 10.4. The van der Waals surface area contributed by atoms with E-state index in [1.807, 2.05) is 0 Å². The van der Waals surface area contributed by atoms with Crippen molar-refractivity contribution in [3.8, 4) is 11.5 Å². The zero-order valence-electron chi connectivity index (χ0n) is 10.5. The first-order chi connectivity index (χ1) is 8.66. The molecule has 19 heavy (non-hydrogen) atoms. The highest BCUT2D eigenvalue weighted by atomic mass is 35.5. The van der Waals surface area contributed by atoms with Crippen LogP contribution >= 0.6 is 12.4 Å². The number of nitrogens with two attached hydrogens (primary N) is 1. The van der Waals surface area contributed by atoms with E-state index in [1.54, 1.807) is 18.2 Å². The maximum absolute atomic E-state index is 12.0. The van der Waals surface area contributed by atoms with Crippen LogP contribution in [0.15, 0.2) is 18.2 Å². The van der Waals surface area contributed by atoms with E-state index in [0.29, 0.717) is 23.6 Å². The van der Waals surface area contributed by atoms with Gasteiger partial charge in [0.2, 0.25) is 6.79 Å². The van der Waals surface area contributed by atoms with Gasteiger partial charge >= 0.3 is 0 Å². The molecule has 104 valence electrons. The van der Waals surface area contributed by atoms with Crippen molar-refractivity contribution in [2.75, 3.05) is 13.3 Å². The Morgan fingerprint density at radius 3 is 2.74 bits per heavy atom. The highest BCUT2D eigenvalue weighted by Crippen LogP contribution is 2.32. The van der Waals surface area contributed by atoms with E-state index in [9.17, 15) is 4.79 Å². The number of rotatable bonds is 3. The molecular weight excluding hydrogens is 268 g/mol. The second-order valence-electron chi connectivity index (χ2n) is 4.97. The number of fused-ring (bicyclic) bond motifs is 1. The second-order valence-corrected chi connectivity index (χ2v) is 4.97. The molecule has 1 aliphatic carbocycles. The smallest absolute Gasteiger partial charge is 0.251 e. The zero-order chi connectivity index (χ0) is 12.6. The molecule has 0 saturated heterocycles. The lowest BCUT2D eigenvalue weighted by Gasteiger charge is -2.38. The van der Waals surface area contributed by atoms with Crippen molar-refractivity contribution >= 4 is 18.3 Å². The fraction of sp³-hybridized carbons (Fsp3) is 0.462. The lowest BCUT2D eigenvalue weighted by Crippen LogP contribution is -2.54. The first kappa shape index (κ1) is 14.0. The van der Waals surface area contributed by atoms with Crippen LogP contribution in [-0.2, 0) is 0 Å². The first-order valence-corrected chi connectivity index (χ1v) is 6.13. The molecule has 0 aromatic heterocycles. The van der Waals surface area contributed by atoms with Crippen molar-refractivity contribution in [2.45, 2.75) is 24.8 Å². The normalized spacial score (nSPS) is 18.2. The molecule has 1 aliphatic heterocycles. The van der Waals surface area contributed by atoms with Crippen LogP contribution in [0, 0.1) is 0 Å². The van der Waals surface area contributed by atoms with Crippen molar-refractivity contribution in [1.82, 2.24) is 5.32 Å². The van der Waals surface area contributed by atoms with E-state index in [2.05, 4.69) is 5.32 Å². The van der Waals surface area contributed by atoms with Gasteiger partial charge in [0.05, 0.1) is 0 Å². The van der Waals surface area contributed by atoms with Crippen LogP contribution < -0.4 is 20.5 Å². The van der Waals surface area contributed by atoms with E-state index in [4.69, 9.17) is 15.2 Å². The monoisotopic (exact) mass is 284 g/mol. The molecule has 0 atom stereocenters. The van der Waals surface area contributed by atoms with Crippen LogP contribution in [-0.4, -0.2) is 24.8 Å². The SMILES string of the molecule is Cl.NC1(CNC(=O)c2ccc3c(c2)OCO3)CCC1. The minimum absolute atomic E-state index is 0. The number of carbonyl (C=O) groups excluding carboxylic acids is 1. The predicted octanol–water partition coefficient (Wildman–Crippen LogP) is 1.45. The fourth-order valence-corrected chi connectivity index (χ4v) is 2.20. The molecule has 1 aromatic rings. The summed E-state index contributed by atoms with van der Waals surface area (Å²) in [4.78, 5) is 12.0. The van der Waals surface area contributed by atoms with Crippen LogP contribution in [0.5, 0.6) is 11.5 Å². The van der Waals surface area contributed by atoms with Crippen LogP contribution in [0.4, 0.5) is 0 Å². The first-order valence-electron chi connectivity index (χ1n) is 6.13. The Balaban J connectivity index is 0.00000133. The average molecular weight is 285 g/mol. The summed E-state index contributed by atoms with van der Waals surface area (Å²) >= 11 is 0. The molecule has 3 N–H and O–H groups in total. The maximum atomic E-state index is 12.0. The lowest BCUT2D eigenvalue weighted by molar-refractivity contribution is 0.0929. The van der Waals surface area contributed by atoms with Gasteiger partial charge in [-0.1, -0.05) is 0 Å². The van der Waals surface area contributed by atoms with E-state index >= 15 is 0 Å². The minimum atomic E-state index is -0.202. The highest BCUT2D eigenvalue weighted by Gasteiger charge is 2.32. The molecule has 6 heteroatoms. The number of ether oxygens (including phenoxy) is 2. The van der Waals surface area contributed by atoms with Gasteiger partial charge in [-0.05, 0) is 37.5 Å². The van der Waals surface area contributed by atoms with Crippen molar-refractivity contribution in [2.24, 2.45) is 5.73 Å². The topological polar surface area (TPSA) is 73.6 Å². The number of carbonyl (C=O) groups is 1. The van der Waals surface area contributed by atoms with Gasteiger partial charge in [-0.2, -0.15) is 0 Å². The second kappa shape index (κ2) is 5.27. The summed E-state index contributed by atoms with van der Waals surface area (Å²) in [6.45, 7) is 0.743. The largest absolute Gasteiger partial charge is 0.454 e. The van der Waals surface area contributed by atoms with E-state index in [-0.39, 0.29) is 30.6 Å². The Hall–Kier alpha value is -1.46. The number of hydrogen-bond donors (Lipinski definition) is 2. The average Bonchev–Trinajstić information content (AvgIpc) is 2.80. The predicted molar refractivity (Wildman–Crippen MR) is 72.9 cm³/mol. The molecule has 0 unspecified atom stereocenters. The minimum Gasteiger partial charge on any atom is -0.454 e. The number of benzene rings is 1. The van der Waals surface area contributed by atoms with Gasteiger partial charge in [-0.15, -0.1) is 12.4 Å². The molecule has 3 rings (SSSR count). The maximum Gasteiger partial charge on any atom is 0.251 e. The third-order valence-electron chi connectivity index (χ3n) is 3.59. The Kier molecular flexibility index (Phi) is 3.87. The Morgan fingerprint density at radius 1 is 1.32 bits per heavy atom. The molecule has 1 aromatic carbocycles. The Morgan fingerprint density at radius 2 is 2.05 bits per heavy atom. The third-order valence-corrected chi connectivity index (χ3v) is 3.59. The van der Waals surface area contributed by atoms with Crippen LogP contribution in [0.25, 0.3) is 0 Å². The Bertz CT molecular complexity index is 489. The van der Waals surface area contributed by atoms with Crippen molar-refractivity contribution in [3.05, 3.63) is 23.8 Å². The quantitative estimate of drug-likeness (QED) is 0.881. The summed E-state index contributed by atoms with van der Waals surface area (Å²) in [5.74, 6) is 1.18. The van der Waals surface area contributed by atoms with E-state index in [0.717, 1.165) is 19.3 Å². The third kappa shape index (κ3) is 2.77. The number of hydrogen-bond acceptors (Lipinski definition) is 4. The molecule has 2 aliphatic rings. The summed E-state index contributed by atoms with van der Waals surface area (Å²) in [5.41, 5.74) is 6.43.